The molecule has 2 aliphatic heterocycles. The Bertz CT molecular complexity index is 1240. The molecule has 2 aliphatic rings. The first-order chi connectivity index (χ1) is 16.3. The molecule has 8 heteroatoms. The number of hydrogen-bond acceptors (Lipinski definition) is 4. The van der Waals surface area contributed by atoms with E-state index in [2.05, 4.69) is 20.6 Å². The standard InChI is InChI=1S/C26H29F2N5O/c1-15(2)33-14-18(13-29-33)19-11-17-6-5-9-32(23(17)12-20(19)26(27)28)22-8-4-7-21-25(22)30-16(3)10-24(34)31-21/h4,7-8,11-16,26,30H,5-6,9-10H2,1-3H3,(H,31,34). The molecule has 0 aliphatic carbocycles. The third-order valence-electron chi connectivity index (χ3n) is 6.54. The van der Waals surface area contributed by atoms with E-state index in [0.717, 1.165) is 35.5 Å². The number of anilines is 4. The lowest BCUT2D eigenvalue weighted by molar-refractivity contribution is -0.116. The van der Waals surface area contributed by atoms with Crippen LogP contribution in [0.4, 0.5) is 31.5 Å². The molecule has 3 aromatic rings. The molecule has 0 radical (unpaired) electrons. The van der Waals surface area contributed by atoms with E-state index >= 15 is 0 Å². The third-order valence-corrected chi connectivity index (χ3v) is 6.54. The molecule has 34 heavy (non-hydrogen) atoms. The highest BCUT2D eigenvalue weighted by atomic mass is 19.3. The van der Waals surface area contributed by atoms with E-state index in [1.165, 1.54) is 0 Å². The van der Waals surface area contributed by atoms with Crippen LogP contribution >= 0.6 is 0 Å². The topological polar surface area (TPSA) is 62.2 Å². The normalized spacial score (nSPS) is 17.8. The molecule has 0 bridgehead atoms. The fourth-order valence-corrected chi connectivity index (χ4v) is 4.89. The van der Waals surface area contributed by atoms with Crippen LogP contribution in [0.2, 0.25) is 0 Å². The van der Waals surface area contributed by atoms with Crippen molar-refractivity contribution in [3.8, 4) is 11.1 Å². The number of fused-ring (bicyclic) bond motifs is 2. The summed E-state index contributed by atoms with van der Waals surface area (Å²) < 4.78 is 30.4. The molecule has 0 fully saturated rings. The van der Waals surface area contributed by atoms with Gasteiger partial charge < -0.3 is 15.5 Å². The maximum atomic E-state index is 14.3. The molecule has 1 aromatic heterocycles. The van der Waals surface area contributed by atoms with E-state index in [1.54, 1.807) is 16.9 Å². The molecule has 2 aromatic carbocycles. The van der Waals surface area contributed by atoms with Gasteiger partial charge in [0.25, 0.3) is 6.43 Å². The number of nitrogens with zero attached hydrogens (tertiary/aromatic N) is 3. The zero-order valence-electron chi connectivity index (χ0n) is 19.6. The van der Waals surface area contributed by atoms with Gasteiger partial charge in [-0.05, 0) is 69.0 Å². The Balaban J connectivity index is 1.62. The number of aryl methyl sites for hydroxylation is 1. The van der Waals surface area contributed by atoms with Crippen molar-refractivity contribution < 1.29 is 13.6 Å². The predicted molar refractivity (Wildman–Crippen MR) is 131 cm³/mol. The first-order valence-corrected chi connectivity index (χ1v) is 11.8. The smallest absolute Gasteiger partial charge is 0.264 e. The van der Waals surface area contributed by atoms with Gasteiger partial charge in [-0.3, -0.25) is 9.48 Å². The summed E-state index contributed by atoms with van der Waals surface area (Å²) in [5.41, 5.74) is 5.49. The molecule has 0 spiro atoms. The van der Waals surface area contributed by atoms with E-state index in [0.29, 0.717) is 29.8 Å². The first kappa shape index (κ1) is 22.4. The van der Waals surface area contributed by atoms with Crippen molar-refractivity contribution in [3.05, 3.63) is 53.9 Å². The Morgan fingerprint density at radius 1 is 1.18 bits per heavy atom. The van der Waals surface area contributed by atoms with Crippen LogP contribution in [0.25, 0.3) is 11.1 Å². The van der Waals surface area contributed by atoms with Gasteiger partial charge in [-0.15, -0.1) is 0 Å². The number of carbonyl (C=O) groups excluding carboxylic acids is 1. The number of alkyl halides is 2. The van der Waals surface area contributed by atoms with Crippen molar-refractivity contribution in [1.29, 1.82) is 0 Å². The second kappa shape index (κ2) is 8.74. The maximum absolute atomic E-state index is 14.3. The summed E-state index contributed by atoms with van der Waals surface area (Å²) in [6.07, 6.45) is 2.97. The molecular weight excluding hydrogens is 436 g/mol. The third kappa shape index (κ3) is 4.02. The first-order valence-electron chi connectivity index (χ1n) is 11.8. The number of rotatable bonds is 4. The Morgan fingerprint density at radius 2 is 2.00 bits per heavy atom. The molecule has 2 N–H and O–H groups in total. The lowest BCUT2D eigenvalue weighted by atomic mass is 9.92. The van der Waals surface area contributed by atoms with Gasteiger partial charge in [-0.2, -0.15) is 5.10 Å². The molecule has 3 heterocycles. The molecular formula is C26H29F2N5O. The van der Waals surface area contributed by atoms with Crippen LogP contribution < -0.4 is 15.5 Å². The number of nitrogens with one attached hydrogen (secondary N) is 2. The maximum Gasteiger partial charge on any atom is 0.264 e. The minimum Gasteiger partial charge on any atom is -0.379 e. The highest BCUT2D eigenvalue weighted by molar-refractivity contribution is 6.00. The summed E-state index contributed by atoms with van der Waals surface area (Å²) in [7, 11) is 0. The van der Waals surface area contributed by atoms with Crippen LogP contribution in [-0.2, 0) is 11.2 Å². The molecule has 1 unspecified atom stereocenters. The Hall–Kier alpha value is -3.42. The summed E-state index contributed by atoms with van der Waals surface area (Å²) >= 11 is 0. The zero-order chi connectivity index (χ0) is 24.0. The molecule has 5 rings (SSSR count). The van der Waals surface area contributed by atoms with Gasteiger partial charge >= 0.3 is 0 Å². The number of para-hydroxylation sites is 1. The fraction of sp³-hybridized carbons (Fsp3) is 0.385. The van der Waals surface area contributed by atoms with Crippen molar-refractivity contribution >= 4 is 28.7 Å². The Morgan fingerprint density at radius 3 is 2.74 bits per heavy atom. The van der Waals surface area contributed by atoms with Crippen molar-refractivity contribution in [3.63, 3.8) is 0 Å². The Kier molecular flexibility index (Phi) is 5.75. The van der Waals surface area contributed by atoms with E-state index in [-0.39, 0.29) is 23.6 Å². The van der Waals surface area contributed by atoms with Crippen LogP contribution in [0.15, 0.2) is 42.7 Å². The van der Waals surface area contributed by atoms with E-state index in [9.17, 15) is 13.6 Å². The largest absolute Gasteiger partial charge is 0.379 e. The van der Waals surface area contributed by atoms with Crippen molar-refractivity contribution in [1.82, 2.24) is 9.78 Å². The average molecular weight is 466 g/mol. The van der Waals surface area contributed by atoms with Crippen LogP contribution in [-0.4, -0.2) is 28.3 Å². The van der Waals surface area contributed by atoms with E-state index < -0.39 is 6.43 Å². The van der Waals surface area contributed by atoms with Gasteiger partial charge in [-0.1, -0.05) is 6.07 Å². The number of amides is 1. The number of carbonyl (C=O) groups is 1. The lowest BCUT2D eigenvalue weighted by Crippen LogP contribution is -2.26. The second-order valence-corrected chi connectivity index (χ2v) is 9.42. The van der Waals surface area contributed by atoms with Gasteiger partial charge in [0.2, 0.25) is 5.91 Å². The monoisotopic (exact) mass is 465 g/mol. The molecule has 0 saturated heterocycles. The summed E-state index contributed by atoms with van der Waals surface area (Å²) in [5, 5.41) is 10.8. The van der Waals surface area contributed by atoms with Crippen molar-refractivity contribution in [2.75, 3.05) is 22.1 Å². The Labute approximate surface area is 198 Å². The fourth-order valence-electron chi connectivity index (χ4n) is 4.89. The number of benzene rings is 2. The minimum atomic E-state index is -2.61. The molecule has 178 valence electrons. The predicted octanol–water partition coefficient (Wildman–Crippen LogP) is 6.30. The van der Waals surface area contributed by atoms with Gasteiger partial charge in [0.05, 0.1) is 23.3 Å². The van der Waals surface area contributed by atoms with Gasteiger partial charge in [0, 0.05) is 48.1 Å². The van der Waals surface area contributed by atoms with Crippen molar-refractivity contribution in [2.45, 2.75) is 58.5 Å². The number of hydrogen-bond donors (Lipinski definition) is 2. The van der Waals surface area contributed by atoms with Crippen LogP contribution in [0.1, 0.15) is 57.2 Å². The average Bonchev–Trinajstić information content (AvgIpc) is 3.23. The summed E-state index contributed by atoms with van der Waals surface area (Å²) in [6.45, 7) is 6.69. The second-order valence-electron chi connectivity index (χ2n) is 9.42. The van der Waals surface area contributed by atoms with Crippen LogP contribution in [0, 0.1) is 0 Å². The van der Waals surface area contributed by atoms with E-state index in [4.69, 9.17) is 0 Å². The molecule has 0 saturated carbocycles. The van der Waals surface area contributed by atoms with Gasteiger partial charge in [0.15, 0.2) is 0 Å². The highest BCUT2D eigenvalue weighted by Crippen LogP contribution is 2.45. The SMILES string of the molecule is CC1CC(=O)Nc2cccc(N3CCCc4cc(-c5cnn(C(C)C)c5)c(C(F)F)cc43)c2N1. The van der Waals surface area contributed by atoms with Crippen molar-refractivity contribution in [2.24, 2.45) is 0 Å². The number of halogens is 2. The molecule has 6 nitrogen and oxygen atoms in total. The zero-order valence-corrected chi connectivity index (χ0v) is 19.6. The van der Waals surface area contributed by atoms with Gasteiger partial charge in [0.1, 0.15) is 0 Å². The minimum absolute atomic E-state index is 0.00519. The van der Waals surface area contributed by atoms with Crippen LogP contribution in [0.3, 0.4) is 0 Å². The quantitative estimate of drug-likeness (QED) is 0.475. The summed E-state index contributed by atoms with van der Waals surface area (Å²) in [6, 6.07) is 9.40. The van der Waals surface area contributed by atoms with Crippen LogP contribution in [0.5, 0.6) is 0 Å². The van der Waals surface area contributed by atoms with E-state index in [1.807, 2.05) is 51.2 Å². The molecule has 1 amide bonds. The number of aromatic nitrogens is 2. The summed E-state index contributed by atoms with van der Waals surface area (Å²) in [5.74, 6) is -0.0403. The van der Waals surface area contributed by atoms with Gasteiger partial charge in [-0.25, -0.2) is 8.78 Å². The highest BCUT2D eigenvalue weighted by Gasteiger charge is 2.28. The summed E-state index contributed by atoms with van der Waals surface area (Å²) in [4.78, 5) is 14.3. The molecule has 1 atom stereocenters. The lowest BCUT2D eigenvalue weighted by Gasteiger charge is -2.34.